The van der Waals surface area contributed by atoms with Crippen LogP contribution in [0.5, 0.6) is 0 Å². The summed E-state index contributed by atoms with van der Waals surface area (Å²) in [7, 11) is 0. The van der Waals surface area contributed by atoms with Gasteiger partial charge in [-0.3, -0.25) is 9.88 Å². The Balaban J connectivity index is 1.48. The smallest absolute Gasteiger partial charge is 0.161 e. The van der Waals surface area contributed by atoms with E-state index in [0.29, 0.717) is 6.04 Å². The summed E-state index contributed by atoms with van der Waals surface area (Å²) in [5, 5.41) is 3.67. The average Bonchev–Trinajstić information content (AvgIpc) is 3.34. The van der Waals surface area contributed by atoms with Crippen molar-refractivity contribution in [1.82, 2.24) is 19.9 Å². The van der Waals surface area contributed by atoms with Crippen molar-refractivity contribution in [2.75, 3.05) is 18.4 Å². The minimum Gasteiger partial charge on any atom is -0.366 e. The molecule has 1 unspecified atom stereocenters. The molecule has 25 heavy (non-hydrogen) atoms. The lowest BCUT2D eigenvalue weighted by molar-refractivity contribution is 0.245. The van der Waals surface area contributed by atoms with Crippen LogP contribution in [0.4, 0.5) is 5.82 Å². The van der Waals surface area contributed by atoms with Gasteiger partial charge >= 0.3 is 0 Å². The molecule has 2 aliphatic rings. The topological polar surface area (TPSA) is 53.9 Å². The number of pyridine rings is 1. The molecule has 0 aromatic carbocycles. The number of rotatable bonds is 5. The van der Waals surface area contributed by atoms with E-state index in [1.165, 1.54) is 38.6 Å². The van der Waals surface area contributed by atoms with E-state index in [-0.39, 0.29) is 0 Å². The van der Waals surface area contributed by atoms with E-state index in [1.54, 1.807) is 12.4 Å². The monoisotopic (exact) mass is 337 g/mol. The van der Waals surface area contributed by atoms with Crippen LogP contribution >= 0.6 is 0 Å². The van der Waals surface area contributed by atoms with Gasteiger partial charge in [-0.25, -0.2) is 9.97 Å². The number of anilines is 1. The van der Waals surface area contributed by atoms with E-state index in [9.17, 15) is 0 Å². The lowest BCUT2D eigenvalue weighted by atomic mass is 10.2. The Labute approximate surface area is 149 Å². The van der Waals surface area contributed by atoms with E-state index in [2.05, 4.69) is 33.2 Å². The van der Waals surface area contributed by atoms with Gasteiger partial charge in [-0.05, 0) is 37.8 Å². The van der Waals surface area contributed by atoms with Gasteiger partial charge in [-0.1, -0.05) is 19.8 Å². The maximum atomic E-state index is 4.77. The Kier molecular flexibility index (Phi) is 4.92. The number of likely N-dealkylation sites (tertiary alicyclic amines) is 1. The number of hydrogen-bond donors (Lipinski definition) is 1. The summed E-state index contributed by atoms with van der Waals surface area (Å²) in [5.74, 6) is 1.74. The van der Waals surface area contributed by atoms with Crippen molar-refractivity contribution in [1.29, 1.82) is 0 Å². The van der Waals surface area contributed by atoms with Gasteiger partial charge in [0.2, 0.25) is 0 Å². The maximum absolute atomic E-state index is 4.77. The molecule has 1 N–H and O–H groups in total. The van der Waals surface area contributed by atoms with Crippen molar-refractivity contribution in [3.8, 4) is 11.4 Å². The number of nitrogens with one attached hydrogen (secondary N) is 1. The van der Waals surface area contributed by atoms with Crippen LogP contribution in [-0.4, -0.2) is 45.0 Å². The minimum absolute atomic E-state index is 0.491. The quantitative estimate of drug-likeness (QED) is 0.904. The fourth-order valence-corrected chi connectivity index (χ4v) is 4.10. The molecule has 5 heteroatoms. The Morgan fingerprint density at radius 3 is 2.68 bits per heavy atom. The minimum atomic E-state index is 0.491. The average molecular weight is 337 g/mol. The standard InChI is InChI=1S/C20H27N5/c1-2-16-13-19(24-20(23-16)15-7-10-21-11-8-15)22-17-9-12-25(14-17)18-5-3-4-6-18/h7-8,10-11,13,17-18H,2-6,9,12,14H2,1H3,(H,22,23,24). The first kappa shape index (κ1) is 16.5. The van der Waals surface area contributed by atoms with Crippen LogP contribution in [0.3, 0.4) is 0 Å². The molecule has 1 aliphatic heterocycles. The molecule has 4 rings (SSSR count). The van der Waals surface area contributed by atoms with Crippen LogP contribution in [-0.2, 0) is 6.42 Å². The first-order chi connectivity index (χ1) is 12.3. The van der Waals surface area contributed by atoms with E-state index >= 15 is 0 Å². The fraction of sp³-hybridized carbons (Fsp3) is 0.550. The molecular formula is C20H27N5. The Morgan fingerprint density at radius 2 is 1.92 bits per heavy atom. The van der Waals surface area contributed by atoms with Crippen LogP contribution in [0.25, 0.3) is 11.4 Å². The van der Waals surface area contributed by atoms with Crippen LogP contribution < -0.4 is 5.32 Å². The van der Waals surface area contributed by atoms with Gasteiger partial charge in [-0.2, -0.15) is 0 Å². The molecule has 1 atom stereocenters. The maximum Gasteiger partial charge on any atom is 0.161 e. The highest BCUT2D eigenvalue weighted by molar-refractivity contribution is 5.57. The highest BCUT2D eigenvalue weighted by atomic mass is 15.2. The predicted molar refractivity (Wildman–Crippen MR) is 100 cm³/mol. The summed E-state index contributed by atoms with van der Waals surface area (Å²) >= 11 is 0. The number of nitrogens with zero attached hydrogens (tertiary/aromatic N) is 4. The summed E-state index contributed by atoms with van der Waals surface area (Å²) in [4.78, 5) is 16.2. The lowest BCUT2D eigenvalue weighted by Gasteiger charge is -2.23. The Morgan fingerprint density at radius 1 is 1.12 bits per heavy atom. The van der Waals surface area contributed by atoms with Crippen molar-refractivity contribution in [2.24, 2.45) is 0 Å². The first-order valence-corrected chi connectivity index (χ1v) is 9.61. The zero-order chi connectivity index (χ0) is 17.1. The normalized spacial score (nSPS) is 21.7. The van der Waals surface area contributed by atoms with Crippen LogP contribution in [0.15, 0.2) is 30.6 Å². The molecule has 0 bridgehead atoms. The van der Waals surface area contributed by atoms with E-state index in [4.69, 9.17) is 4.98 Å². The van der Waals surface area contributed by atoms with Gasteiger partial charge in [0.1, 0.15) is 5.82 Å². The van der Waals surface area contributed by atoms with Crippen LogP contribution in [0, 0.1) is 0 Å². The lowest BCUT2D eigenvalue weighted by Crippen LogP contribution is -2.33. The molecule has 3 heterocycles. The van der Waals surface area contributed by atoms with Crippen molar-refractivity contribution in [2.45, 2.75) is 57.5 Å². The largest absolute Gasteiger partial charge is 0.366 e. The molecule has 0 amide bonds. The molecule has 1 aliphatic carbocycles. The molecule has 1 saturated carbocycles. The van der Waals surface area contributed by atoms with Crippen molar-refractivity contribution in [3.05, 3.63) is 36.3 Å². The van der Waals surface area contributed by atoms with E-state index < -0.39 is 0 Å². The van der Waals surface area contributed by atoms with Gasteiger partial charge in [0.05, 0.1) is 0 Å². The highest BCUT2D eigenvalue weighted by Gasteiger charge is 2.30. The van der Waals surface area contributed by atoms with E-state index in [0.717, 1.165) is 41.9 Å². The summed E-state index contributed by atoms with van der Waals surface area (Å²) in [6.07, 6.45) is 11.3. The number of aromatic nitrogens is 3. The summed E-state index contributed by atoms with van der Waals surface area (Å²) in [6.45, 7) is 4.49. The summed E-state index contributed by atoms with van der Waals surface area (Å²) < 4.78 is 0. The van der Waals surface area contributed by atoms with Gasteiger partial charge in [0, 0.05) is 54.9 Å². The molecule has 132 valence electrons. The zero-order valence-electron chi connectivity index (χ0n) is 15.0. The molecule has 5 nitrogen and oxygen atoms in total. The summed E-state index contributed by atoms with van der Waals surface area (Å²) in [6, 6.07) is 7.34. The van der Waals surface area contributed by atoms with Gasteiger partial charge in [0.25, 0.3) is 0 Å². The molecule has 2 aromatic heterocycles. The molecule has 0 spiro atoms. The Bertz CT molecular complexity index is 696. The van der Waals surface area contributed by atoms with E-state index in [1.807, 2.05) is 12.1 Å². The van der Waals surface area contributed by atoms with Crippen molar-refractivity contribution >= 4 is 5.82 Å². The van der Waals surface area contributed by atoms with Gasteiger partial charge in [0.15, 0.2) is 5.82 Å². The van der Waals surface area contributed by atoms with Crippen molar-refractivity contribution < 1.29 is 0 Å². The third-order valence-electron chi connectivity index (χ3n) is 5.49. The Hall–Kier alpha value is -2.01. The third kappa shape index (κ3) is 3.82. The van der Waals surface area contributed by atoms with Crippen molar-refractivity contribution in [3.63, 3.8) is 0 Å². The van der Waals surface area contributed by atoms with Crippen LogP contribution in [0.2, 0.25) is 0 Å². The molecule has 1 saturated heterocycles. The summed E-state index contributed by atoms with van der Waals surface area (Å²) in [5.41, 5.74) is 2.10. The molecule has 2 aromatic rings. The van der Waals surface area contributed by atoms with Gasteiger partial charge < -0.3 is 5.32 Å². The predicted octanol–water partition coefficient (Wildman–Crippen LogP) is 3.53. The highest BCUT2D eigenvalue weighted by Crippen LogP contribution is 2.27. The molecule has 0 radical (unpaired) electrons. The third-order valence-corrected chi connectivity index (χ3v) is 5.49. The first-order valence-electron chi connectivity index (χ1n) is 9.61. The number of aryl methyl sites for hydroxylation is 1. The number of hydrogen-bond acceptors (Lipinski definition) is 5. The molecule has 2 fully saturated rings. The van der Waals surface area contributed by atoms with Crippen LogP contribution in [0.1, 0.15) is 44.7 Å². The van der Waals surface area contributed by atoms with Gasteiger partial charge in [-0.15, -0.1) is 0 Å². The second kappa shape index (κ2) is 7.48. The fourth-order valence-electron chi connectivity index (χ4n) is 4.10. The second-order valence-corrected chi connectivity index (χ2v) is 7.22. The SMILES string of the molecule is CCc1cc(NC2CCN(C3CCCC3)C2)nc(-c2ccncc2)n1. The molecular weight excluding hydrogens is 310 g/mol. The zero-order valence-corrected chi connectivity index (χ0v) is 15.0. The second-order valence-electron chi connectivity index (χ2n) is 7.22.